The van der Waals surface area contributed by atoms with Gasteiger partial charge in [-0.2, -0.15) is 4.31 Å². The lowest BCUT2D eigenvalue weighted by atomic mass is 10.2. The zero-order valence-electron chi connectivity index (χ0n) is 14.9. The Hall–Kier alpha value is -1.64. The third-order valence-corrected chi connectivity index (χ3v) is 6.28. The first-order valence-electron chi connectivity index (χ1n) is 8.36. The number of amides is 1. The number of nitrogens with one attached hydrogen (secondary N) is 1. The van der Waals surface area contributed by atoms with Crippen LogP contribution in [0, 0.1) is 0 Å². The fourth-order valence-electron chi connectivity index (χ4n) is 3.14. The van der Waals surface area contributed by atoms with E-state index in [1.807, 2.05) is 0 Å². The molecule has 140 valence electrons. The molecular formula is C17H26N2O5S. The van der Waals surface area contributed by atoms with Crippen molar-refractivity contribution in [1.82, 2.24) is 4.31 Å². The highest BCUT2D eigenvalue weighted by molar-refractivity contribution is 7.89. The number of ether oxygens (including phenoxy) is 2. The van der Waals surface area contributed by atoms with Crippen LogP contribution in [0.1, 0.15) is 32.6 Å². The van der Waals surface area contributed by atoms with E-state index in [4.69, 9.17) is 9.47 Å². The van der Waals surface area contributed by atoms with Gasteiger partial charge in [0.1, 0.15) is 5.75 Å². The molecule has 0 saturated heterocycles. The summed E-state index contributed by atoms with van der Waals surface area (Å²) in [6.45, 7) is 2.01. The molecule has 0 spiro atoms. The molecule has 7 nitrogen and oxygen atoms in total. The molecule has 0 bridgehead atoms. The van der Waals surface area contributed by atoms with E-state index in [-0.39, 0.29) is 16.8 Å². The number of sulfonamides is 1. The predicted molar refractivity (Wildman–Crippen MR) is 95.3 cm³/mol. The van der Waals surface area contributed by atoms with Crippen LogP contribution in [0.4, 0.5) is 5.69 Å². The fraction of sp³-hybridized carbons (Fsp3) is 0.588. The van der Waals surface area contributed by atoms with Crippen LogP contribution in [-0.2, 0) is 19.6 Å². The van der Waals surface area contributed by atoms with Crippen molar-refractivity contribution >= 4 is 21.6 Å². The Kier molecular flexibility index (Phi) is 6.80. The summed E-state index contributed by atoms with van der Waals surface area (Å²) >= 11 is 0. The summed E-state index contributed by atoms with van der Waals surface area (Å²) in [5.74, 6) is 0.123. The summed E-state index contributed by atoms with van der Waals surface area (Å²) in [4.78, 5) is 11.5. The molecule has 1 fully saturated rings. The standard InChI is InChI=1S/C17H26N2O5S/c1-13(20)18-16-12-15(8-9-17(16)24-3)25(21,22)19(10-11-23-2)14-6-4-5-7-14/h8-9,12,14H,4-7,10-11H2,1-3H3,(H,18,20). The molecule has 0 atom stereocenters. The number of methoxy groups -OCH3 is 2. The van der Waals surface area contributed by atoms with E-state index in [1.165, 1.54) is 30.5 Å². The molecule has 0 heterocycles. The second-order valence-corrected chi connectivity index (χ2v) is 7.98. The Labute approximate surface area is 149 Å². The maximum absolute atomic E-state index is 13.2. The molecule has 0 aromatic heterocycles. The largest absolute Gasteiger partial charge is 0.495 e. The molecule has 0 radical (unpaired) electrons. The number of hydrogen-bond acceptors (Lipinski definition) is 5. The molecule has 0 unspecified atom stereocenters. The first-order valence-corrected chi connectivity index (χ1v) is 9.80. The highest BCUT2D eigenvalue weighted by Crippen LogP contribution is 2.32. The van der Waals surface area contributed by atoms with Gasteiger partial charge in [-0.15, -0.1) is 0 Å². The van der Waals surface area contributed by atoms with Gasteiger partial charge in [0.05, 0.1) is 24.3 Å². The summed E-state index contributed by atoms with van der Waals surface area (Å²) < 4.78 is 38.2. The van der Waals surface area contributed by atoms with Gasteiger partial charge in [0.25, 0.3) is 0 Å². The first-order chi connectivity index (χ1) is 11.9. The second kappa shape index (κ2) is 8.64. The lowest BCUT2D eigenvalue weighted by molar-refractivity contribution is -0.114. The Morgan fingerprint density at radius 3 is 2.52 bits per heavy atom. The Morgan fingerprint density at radius 1 is 1.28 bits per heavy atom. The van der Waals surface area contributed by atoms with Gasteiger partial charge in [-0.3, -0.25) is 4.79 Å². The summed E-state index contributed by atoms with van der Waals surface area (Å²) in [6, 6.07) is 4.51. The molecule has 1 aliphatic rings. The van der Waals surface area contributed by atoms with Crippen LogP contribution >= 0.6 is 0 Å². The van der Waals surface area contributed by atoms with Crippen LogP contribution in [0.5, 0.6) is 5.75 Å². The smallest absolute Gasteiger partial charge is 0.243 e. The number of carbonyl (C=O) groups is 1. The third kappa shape index (κ3) is 4.71. The highest BCUT2D eigenvalue weighted by atomic mass is 32.2. The van der Waals surface area contributed by atoms with Crippen molar-refractivity contribution in [1.29, 1.82) is 0 Å². The van der Waals surface area contributed by atoms with Gasteiger partial charge < -0.3 is 14.8 Å². The molecule has 1 saturated carbocycles. The van der Waals surface area contributed by atoms with Crippen LogP contribution < -0.4 is 10.1 Å². The first kappa shape index (κ1) is 19.7. The van der Waals surface area contributed by atoms with Gasteiger partial charge in [-0.1, -0.05) is 12.8 Å². The topological polar surface area (TPSA) is 84.9 Å². The lowest BCUT2D eigenvalue weighted by Crippen LogP contribution is -2.40. The van der Waals surface area contributed by atoms with Gasteiger partial charge in [0, 0.05) is 26.6 Å². The molecule has 2 rings (SSSR count). The van der Waals surface area contributed by atoms with Gasteiger partial charge in [0.2, 0.25) is 15.9 Å². The lowest BCUT2D eigenvalue weighted by Gasteiger charge is -2.28. The predicted octanol–water partition coefficient (Wildman–Crippen LogP) is 2.23. The normalized spacial score (nSPS) is 15.5. The van der Waals surface area contributed by atoms with Crippen molar-refractivity contribution in [2.45, 2.75) is 43.5 Å². The molecule has 1 aromatic rings. The quantitative estimate of drug-likeness (QED) is 0.758. The SMILES string of the molecule is COCCN(C1CCCC1)S(=O)(=O)c1ccc(OC)c(NC(C)=O)c1. The van der Waals surface area contributed by atoms with Crippen molar-refractivity contribution in [2.24, 2.45) is 0 Å². The molecule has 1 amide bonds. The maximum atomic E-state index is 13.2. The summed E-state index contributed by atoms with van der Waals surface area (Å²) in [5.41, 5.74) is 0.342. The van der Waals surface area contributed by atoms with Crippen molar-refractivity contribution in [3.63, 3.8) is 0 Å². The minimum absolute atomic E-state index is 0.00790. The number of benzene rings is 1. The van der Waals surface area contributed by atoms with E-state index in [0.29, 0.717) is 24.6 Å². The third-order valence-electron chi connectivity index (χ3n) is 4.34. The average Bonchev–Trinajstić information content (AvgIpc) is 3.08. The number of carbonyl (C=O) groups excluding carboxylic acids is 1. The van der Waals surface area contributed by atoms with Crippen LogP contribution in [0.2, 0.25) is 0 Å². The van der Waals surface area contributed by atoms with E-state index in [1.54, 1.807) is 13.2 Å². The molecule has 1 aromatic carbocycles. The van der Waals surface area contributed by atoms with Gasteiger partial charge in [-0.25, -0.2) is 8.42 Å². The van der Waals surface area contributed by atoms with Gasteiger partial charge >= 0.3 is 0 Å². The van der Waals surface area contributed by atoms with E-state index in [0.717, 1.165) is 25.7 Å². The Balaban J connectivity index is 2.39. The zero-order chi connectivity index (χ0) is 18.4. The van der Waals surface area contributed by atoms with Crippen LogP contribution in [0.15, 0.2) is 23.1 Å². The molecule has 0 aliphatic heterocycles. The van der Waals surface area contributed by atoms with Crippen molar-refractivity contribution in [3.8, 4) is 5.75 Å². The number of nitrogens with zero attached hydrogens (tertiary/aromatic N) is 1. The maximum Gasteiger partial charge on any atom is 0.243 e. The van der Waals surface area contributed by atoms with Crippen molar-refractivity contribution in [3.05, 3.63) is 18.2 Å². The summed E-state index contributed by atoms with van der Waals surface area (Å²) in [7, 11) is -0.666. The summed E-state index contributed by atoms with van der Waals surface area (Å²) in [5, 5.41) is 2.62. The van der Waals surface area contributed by atoms with Crippen LogP contribution in [0.3, 0.4) is 0 Å². The number of anilines is 1. The van der Waals surface area contributed by atoms with E-state index in [2.05, 4.69) is 5.32 Å². The van der Waals surface area contributed by atoms with Crippen molar-refractivity contribution in [2.75, 3.05) is 32.7 Å². The minimum Gasteiger partial charge on any atom is -0.495 e. The molecular weight excluding hydrogens is 344 g/mol. The monoisotopic (exact) mass is 370 g/mol. The van der Waals surface area contributed by atoms with E-state index >= 15 is 0 Å². The van der Waals surface area contributed by atoms with E-state index in [9.17, 15) is 13.2 Å². The van der Waals surface area contributed by atoms with Crippen LogP contribution in [0.25, 0.3) is 0 Å². The minimum atomic E-state index is -3.69. The number of rotatable bonds is 8. The van der Waals surface area contributed by atoms with Gasteiger partial charge in [0.15, 0.2) is 0 Å². The summed E-state index contributed by atoms with van der Waals surface area (Å²) in [6.07, 6.45) is 3.78. The van der Waals surface area contributed by atoms with E-state index < -0.39 is 10.0 Å². The molecule has 1 N–H and O–H groups in total. The van der Waals surface area contributed by atoms with Crippen LogP contribution in [-0.4, -0.2) is 52.0 Å². The molecule has 25 heavy (non-hydrogen) atoms. The Bertz CT molecular complexity index is 699. The second-order valence-electron chi connectivity index (χ2n) is 6.09. The van der Waals surface area contributed by atoms with Gasteiger partial charge in [-0.05, 0) is 31.0 Å². The molecule has 8 heteroatoms. The molecule has 1 aliphatic carbocycles. The van der Waals surface area contributed by atoms with Crippen molar-refractivity contribution < 1.29 is 22.7 Å². The zero-order valence-corrected chi connectivity index (χ0v) is 15.8. The highest BCUT2D eigenvalue weighted by Gasteiger charge is 2.33. The fourth-order valence-corrected chi connectivity index (χ4v) is 4.84. The Morgan fingerprint density at radius 2 is 1.96 bits per heavy atom. The average molecular weight is 370 g/mol. The number of hydrogen-bond donors (Lipinski definition) is 1.